The molecule has 2 aliphatic rings. The Morgan fingerprint density at radius 3 is 3.00 bits per heavy atom. The lowest BCUT2D eigenvalue weighted by molar-refractivity contribution is -0.218. The van der Waals surface area contributed by atoms with Gasteiger partial charge in [0, 0.05) is 18.8 Å². The van der Waals surface area contributed by atoms with Crippen LogP contribution in [-0.4, -0.2) is 60.0 Å². The number of aliphatic hydroxyl groups is 1. The smallest absolute Gasteiger partial charge is 0.0880 e. The third kappa shape index (κ3) is 1.48. The maximum atomic E-state index is 9.51. The van der Waals surface area contributed by atoms with E-state index < -0.39 is 0 Å². The van der Waals surface area contributed by atoms with Crippen molar-refractivity contribution in [2.75, 3.05) is 31.7 Å². The summed E-state index contributed by atoms with van der Waals surface area (Å²) in [5.74, 6) is 0.842. The molecule has 4 heteroatoms. The molecule has 2 aliphatic heterocycles. The molecule has 2 rings (SSSR count). The molecule has 2 saturated heterocycles. The largest absolute Gasteiger partial charge is 0.391 e. The Morgan fingerprint density at radius 1 is 1.75 bits per heavy atom. The molecule has 0 radical (unpaired) electrons. The minimum absolute atomic E-state index is 0.165. The van der Waals surface area contributed by atoms with Gasteiger partial charge in [-0.2, -0.15) is 11.8 Å². The zero-order chi connectivity index (χ0) is 8.55. The molecule has 0 aromatic heterocycles. The van der Waals surface area contributed by atoms with E-state index in [1.54, 1.807) is 11.8 Å². The van der Waals surface area contributed by atoms with Crippen LogP contribution in [-0.2, 0) is 4.74 Å². The van der Waals surface area contributed by atoms with Gasteiger partial charge in [-0.05, 0) is 6.26 Å². The van der Waals surface area contributed by atoms with Crippen LogP contribution in [0, 0.1) is 0 Å². The molecule has 0 spiro atoms. The van der Waals surface area contributed by atoms with E-state index in [0.717, 1.165) is 25.4 Å². The van der Waals surface area contributed by atoms with E-state index in [-0.39, 0.29) is 6.10 Å². The average molecular weight is 189 g/mol. The van der Waals surface area contributed by atoms with Gasteiger partial charge in [-0.1, -0.05) is 0 Å². The second kappa shape index (κ2) is 3.54. The van der Waals surface area contributed by atoms with Gasteiger partial charge in [-0.3, -0.25) is 4.90 Å². The minimum Gasteiger partial charge on any atom is -0.391 e. The Bertz CT molecular complexity index is 167. The number of hydrogen-bond donors (Lipinski definition) is 1. The SMILES string of the molecule is CSC[C@H](O)CN1C[C@H]2OCC21. The lowest BCUT2D eigenvalue weighted by atomic mass is 9.94. The van der Waals surface area contributed by atoms with Gasteiger partial charge in [0.1, 0.15) is 0 Å². The summed E-state index contributed by atoms with van der Waals surface area (Å²) in [5, 5.41) is 9.51. The Kier molecular flexibility index (Phi) is 2.60. The van der Waals surface area contributed by atoms with Gasteiger partial charge in [0.25, 0.3) is 0 Å². The predicted molar refractivity (Wildman–Crippen MR) is 49.5 cm³/mol. The van der Waals surface area contributed by atoms with Crippen LogP contribution in [0.4, 0.5) is 0 Å². The number of fused-ring (bicyclic) bond motifs is 1. The quantitative estimate of drug-likeness (QED) is 0.663. The maximum absolute atomic E-state index is 9.51. The van der Waals surface area contributed by atoms with E-state index in [1.807, 2.05) is 6.26 Å². The molecule has 12 heavy (non-hydrogen) atoms. The number of β-amino-alcohol motifs (C(OH)–C–C–N with tert-alkyl or cyclic N) is 1. The van der Waals surface area contributed by atoms with Crippen molar-refractivity contribution in [3.8, 4) is 0 Å². The van der Waals surface area contributed by atoms with Crippen molar-refractivity contribution in [2.24, 2.45) is 0 Å². The van der Waals surface area contributed by atoms with Gasteiger partial charge in [0.05, 0.1) is 24.9 Å². The fraction of sp³-hybridized carbons (Fsp3) is 1.00. The second-order valence-electron chi connectivity index (χ2n) is 3.50. The molecular weight excluding hydrogens is 174 g/mol. The topological polar surface area (TPSA) is 32.7 Å². The molecule has 3 atom stereocenters. The first-order chi connectivity index (χ1) is 5.81. The number of aliphatic hydroxyl groups excluding tert-OH is 1. The van der Waals surface area contributed by atoms with Crippen molar-refractivity contribution < 1.29 is 9.84 Å². The zero-order valence-electron chi connectivity index (χ0n) is 7.27. The lowest BCUT2D eigenvalue weighted by Crippen LogP contribution is -2.71. The van der Waals surface area contributed by atoms with E-state index in [4.69, 9.17) is 4.74 Å². The van der Waals surface area contributed by atoms with E-state index in [1.165, 1.54) is 0 Å². The van der Waals surface area contributed by atoms with Gasteiger partial charge < -0.3 is 9.84 Å². The third-order valence-electron chi connectivity index (χ3n) is 2.60. The highest BCUT2D eigenvalue weighted by atomic mass is 32.2. The van der Waals surface area contributed by atoms with Gasteiger partial charge in [-0.25, -0.2) is 0 Å². The fourth-order valence-electron chi connectivity index (χ4n) is 1.79. The minimum atomic E-state index is -0.165. The number of ether oxygens (including phenoxy) is 1. The molecule has 0 saturated carbocycles. The first-order valence-corrected chi connectivity index (χ1v) is 5.73. The van der Waals surface area contributed by atoms with E-state index >= 15 is 0 Å². The number of hydrogen-bond acceptors (Lipinski definition) is 4. The van der Waals surface area contributed by atoms with Gasteiger partial charge in [0.2, 0.25) is 0 Å². The van der Waals surface area contributed by atoms with Crippen LogP contribution < -0.4 is 0 Å². The number of nitrogens with zero attached hydrogens (tertiary/aromatic N) is 1. The van der Waals surface area contributed by atoms with Crippen molar-refractivity contribution in [1.82, 2.24) is 4.90 Å². The molecule has 3 nitrogen and oxygen atoms in total. The third-order valence-corrected chi connectivity index (χ3v) is 3.32. The molecule has 1 N–H and O–H groups in total. The molecule has 0 amide bonds. The molecular formula is C8H15NO2S. The van der Waals surface area contributed by atoms with Crippen molar-refractivity contribution >= 4 is 11.8 Å². The maximum Gasteiger partial charge on any atom is 0.0880 e. The highest BCUT2D eigenvalue weighted by Gasteiger charge is 2.47. The highest BCUT2D eigenvalue weighted by Crippen LogP contribution is 2.29. The highest BCUT2D eigenvalue weighted by molar-refractivity contribution is 7.98. The molecule has 0 aromatic rings. The summed E-state index contributed by atoms with van der Waals surface area (Å²) in [4.78, 5) is 2.31. The van der Waals surface area contributed by atoms with E-state index in [0.29, 0.717) is 12.1 Å². The standard InChI is InChI=1S/C8H15NO2S/c1-12-5-6(10)2-9-3-8-7(9)4-11-8/h6-8,10H,2-5H2,1H3/t6-,7?,8-/m1/s1. The average Bonchev–Trinajstić information content (AvgIpc) is 1.99. The number of thioether (sulfide) groups is 1. The first kappa shape index (κ1) is 8.81. The summed E-state index contributed by atoms with van der Waals surface area (Å²) in [6, 6.07) is 0.626. The van der Waals surface area contributed by atoms with Crippen molar-refractivity contribution in [3.05, 3.63) is 0 Å². The Hall–Kier alpha value is 0.230. The van der Waals surface area contributed by atoms with Crippen molar-refractivity contribution in [2.45, 2.75) is 18.2 Å². The monoisotopic (exact) mass is 189 g/mol. The fourth-order valence-corrected chi connectivity index (χ4v) is 2.28. The van der Waals surface area contributed by atoms with Crippen LogP contribution in [0.1, 0.15) is 0 Å². The van der Waals surface area contributed by atoms with Crippen LogP contribution in [0.3, 0.4) is 0 Å². The van der Waals surface area contributed by atoms with Crippen molar-refractivity contribution in [1.29, 1.82) is 0 Å². The lowest BCUT2D eigenvalue weighted by Gasteiger charge is -2.55. The van der Waals surface area contributed by atoms with Crippen LogP contribution in [0.15, 0.2) is 0 Å². The summed E-state index contributed by atoms with van der Waals surface area (Å²) in [7, 11) is 0. The number of rotatable bonds is 4. The Labute approximate surface area is 77.1 Å². The summed E-state index contributed by atoms with van der Waals surface area (Å²) in [5.41, 5.74) is 0. The molecule has 2 heterocycles. The second-order valence-corrected chi connectivity index (χ2v) is 4.41. The summed E-state index contributed by atoms with van der Waals surface area (Å²) in [6.45, 7) is 2.72. The van der Waals surface area contributed by atoms with Crippen LogP contribution in [0.25, 0.3) is 0 Å². The number of morpholine rings is 1. The van der Waals surface area contributed by atoms with E-state index in [9.17, 15) is 5.11 Å². The summed E-state index contributed by atoms with van der Waals surface area (Å²) >= 11 is 1.70. The molecule has 0 bridgehead atoms. The van der Waals surface area contributed by atoms with Crippen LogP contribution >= 0.6 is 11.8 Å². The van der Waals surface area contributed by atoms with Gasteiger partial charge in [-0.15, -0.1) is 0 Å². The first-order valence-electron chi connectivity index (χ1n) is 4.34. The summed E-state index contributed by atoms with van der Waals surface area (Å²) < 4.78 is 5.27. The van der Waals surface area contributed by atoms with Gasteiger partial charge in [0.15, 0.2) is 0 Å². The van der Waals surface area contributed by atoms with Crippen LogP contribution in [0.5, 0.6) is 0 Å². The zero-order valence-corrected chi connectivity index (χ0v) is 8.09. The molecule has 0 aliphatic carbocycles. The predicted octanol–water partition coefficient (Wildman–Crippen LogP) is -0.207. The number of likely N-dealkylation sites (tertiary alicyclic amines) is 1. The van der Waals surface area contributed by atoms with E-state index in [2.05, 4.69) is 4.90 Å². The molecule has 70 valence electrons. The molecule has 0 aromatic carbocycles. The van der Waals surface area contributed by atoms with Gasteiger partial charge >= 0.3 is 0 Å². The Balaban J connectivity index is 1.66. The normalized spacial score (nSPS) is 36.5. The molecule has 2 fully saturated rings. The Morgan fingerprint density at radius 2 is 2.58 bits per heavy atom. The molecule has 1 unspecified atom stereocenters. The summed E-state index contributed by atoms with van der Waals surface area (Å²) in [6.07, 6.45) is 2.35. The van der Waals surface area contributed by atoms with Crippen molar-refractivity contribution in [3.63, 3.8) is 0 Å². The van der Waals surface area contributed by atoms with Crippen LogP contribution in [0.2, 0.25) is 0 Å².